The van der Waals surface area contributed by atoms with E-state index in [1.807, 2.05) is 6.92 Å². The standard InChI is InChI=1S/C11H18N4O4S/c1-4-11(2,3)14-20(18,19)8-5-6-9(13-12)10(7-8)15(16)17/h5-7,13-14H,4,12H2,1-3H3. The monoisotopic (exact) mass is 302 g/mol. The Morgan fingerprint density at radius 2 is 2.00 bits per heavy atom. The molecule has 0 heterocycles. The first-order chi connectivity index (χ1) is 9.13. The number of hydrazine groups is 1. The van der Waals surface area contributed by atoms with Crippen molar-refractivity contribution in [3.8, 4) is 0 Å². The molecule has 0 fully saturated rings. The van der Waals surface area contributed by atoms with Crippen molar-refractivity contribution in [3.63, 3.8) is 0 Å². The van der Waals surface area contributed by atoms with E-state index in [1.165, 1.54) is 12.1 Å². The van der Waals surface area contributed by atoms with Gasteiger partial charge in [0.1, 0.15) is 5.69 Å². The second-order valence-electron chi connectivity index (χ2n) is 4.92. The SMILES string of the molecule is CCC(C)(C)NS(=O)(=O)c1ccc(NN)c([N+](=O)[O-])c1. The highest BCUT2D eigenvalue weighted by Gasteiger charge is 2.26. The molecule has 1 aromatic rings. The first kappa shape index (κ1) is 16.3. The maximum atomic E-state index is 12.2. The van der Waals surface area contributed by atoms with Crippen LogP contribution in [0.4, 0.5) is 11.4 Å². The first-order valence-electron chi connectivity index (χ1n) is 5.92. The lowest BCUT2D eigenvalue weighted by molar-refractivity contribution is -0.384. The van der Waals surface area contributed by atoms with Gasteiger partial charge in [-0.3, -0.25) is 16.0 Å². The maximum absolute atomic E-state index is 12.2. The number of hydrogen-bond acceptors (Lipinski definition) is 6. The predicted molar refractivity (Wildman–Crippen MR) is 75.6 cm³/mol. The summed E-state index contributed by atoms with van der Waals surface area (Å²) in [6.07, 6.45) is 0.580. The number of nitro groups is 1. The zero-order chi connectivity index (χ0) is 15.6. The first-order valence-corrected chi connectivity index (χ1v) is 7.40. The minimum Gasteiger partial charge on any atom is -0.318 e. The van der Waals surface area contributed by atoms with Gasteiger partial charge in [-0.2, -0.15) is 0 Å². The number of rotatable bonds is 6. The van der Waals surface area contributed by atoms with Gasteiger partial charge in [0.15, 0.2) is 0 Å². The Hall–Kier alpha value is -1.71. The molecule has 0 radical (unpaired) electrons. The summed E-state index contributed by atoms with van der Waals surface area (Å²) in [4.78, 5) is 10.0. The molecule has 8 nitrogen and oxygen atoms in total. The Balaban J connectivity index is 3.27. The Morgan fingerprint density at radius 3 is 2.45 bits per heavy atom. The second-order valence-corrected chi connectivity index (χ2v) is 6.61. The fourth-order valence-electron chi connectivity index (χ4n) is 1.45. The molecule has 1 aromatic carbocycles. The summed E-state index contributed by atoms with van der Waals surface area (Å²) in [5.41, 5.74) is 1.16. The van der Waals surface area contributed by atoms with Crippen molar-refractivity contribution >= 4 is 21.4 Å². The molecule has 112 valence electrons. The number of benzene rings is 1. The smallest absolute Gasteiger partial charge is 0.294 e. The summed E-state index contributed by atoms with van der Waals surface area (Å²) in [5.74, 6) is 5.15. The van der Waals surface area contributed by atoms with Gasteiger partial charge in [-0.15, -0.1) is 0 Å². The van der Waals surface area contributed by atoms with Crippen LogP contribution >= 0.6 is 0 Å². The molecule has 20 heavy (non-hydrogen) atoms. The molecule has 0 aromatic heterocycles. The van der Waals surface area contributed by atoms with E-state index in [1.54, 1.807) is 13.8 Å². The van der Waals surface area contributed by atoms with E-state index in [-0.39, 0.29) is 10.6 Å². The van der Waals surface area contributed by atoms with E-state index in [9.17, 15) is 18.5 Å². The molecule has 0 aliphatic carbocycles. The van der Waals surface area contributed by atoms with Crippen LogP contribution in [0, 0.1) is 10.1 Å². The number of nitrogens with zero attached hydrogens (tertiary/aromatic N) is 1. The number of nitrogens with two attached hydrogens (primary N) is 1. The lowest BCUT2D eigenvalue weighted by atomic mass is 10.0. The summed E-state index contributed by atoms with van der Waals surface area (Å²) < 4.78 is 26.9. The van der Waals surface area contributed by atoms with Gasteiger partial charge >= 0.3 is 0 Å². The lowest BCUT2D eigenvalue weighted by Crippen LogP contribution is -2.42. The molecular formula is C11H18N4O4S. The van der Waals surface area contributed by atoms with E-state index in [0.29, 0.717) is 6.42 Å². The summed E-state index contributed by atoms with van der Waals surface area (Å²) in [5, 5.41) is 10.9. The fraction of sp³-hybridized carbons (Fsp3) is 0.455. The molecule has 0 saturated heterocycles. The summed E-state index contributed by atoms with van der Waals surface area (Å²) >= 11 is 0. The fourth-order valence-corrected chi connectivity index (χ4v) is 2.95. The van der Waals surface area contributed by atoms with Gasteiger partial charge in [0.25, 0.3) is 5.69 Å². The molecule has 0 atom stereocenters. The summed E-state index contributed by atoms with van der Waals surface area (Å²) in [7, 11) is -3.83. The average molecular weight is 302 g/mol. The third kappa shape index (κ3) is 3.65. The van der Waals surface area contributed by atoms with E-state index in [4.69, 9.17) is 5.84 Å². The minimum absolute atomic E-state index is 0.0451. The van der Waals surface area contributed by atoms with Gasteiger partial charge < -0.3 is 5.43 Å². The Morgan fingerprint density at radius 1 is 1.40 bits per heavy atom. The highest BCUT2D eigenvalue weighted by molar-refractivity contribution is 7.89. The van der Waals surface area contributed by atoms with Gasteiger partial charge in [0.2, 0.25) is 10.0 Å². The molecule has 0 spiro atoms. The topological polar surface area (TPSA) is 127 Å². The largest absolute Gasteiger partial charge is 0.318 e. The van der Waals surface area contributed by atoms with E-state index in [0.717, 1.165) is 6.07 Å². The highest BCUT2D eigenvalue weighted by atomic mass is 32.2. The van der Waals surface area contributed by atoms with Gasteiger partial charge in [0, 0.05) is 11.6 Å². The van der Waals surface area contributed by atoms with Crippen LogP contribution in [0.3, 0.4) is 0 Å². The van der Waals surface area contributed by atoms with Crippen molar-refractivity contribution in [2.45, 2.75) is 37.6 Å². The van der Waals surface area contributed by atoms with Gasteiger partial charge in [-0.1, -0.05) is 6.92 Å². The highest BCUT2D eigenvalue weighted by Crippen LogP contribution is 2.27. The van der Waals surface area contributed by atoms with Crippen LogP contribution in [0.25, 0.3) is 0 Å². The van der Waals surface area contributed by atoms with Crippen LogP contribution in [0.15, 0.2) is 23.1 Å². The van der Waals surface area contributed by atoms with Gasteiger partial charge in [-0.05, 0) is 32.4 Å². The van der Waals surface area contributed by atoms with Crippen LogP contribution in [0.5, 0.6) is 0 Å². The van der Waals surface area contributed by atoms with Crippen LogP contribution < -0.4 is 16.0 Å². The summed E-state index contributed by atoms with van der Waals surface area (Å²) in [6.45, 7) is 5.30. The van der Waals surface area contributed by atoms with Crippen LogP contribution in [-0.2, 0) is 10.0 Å². The Labute approximate surface area is 117 Å². The Bertz CT molecular complexity index is 613. The number of hydrogen-bond donors (Lipinski definition) is 3. The zero-order valence-electron chi connectivity index (χ0n) is 11.5. The van der Waals surface area contributed by atoms with E-state index < -0.39 is 26.2 Å². The quantitative estimate of drug-likeness (QED) is 0.413. The minimum atomic E-state index is -3.83. The van der Waals surface area contributed by atoms with Crippen molar-refractivity contribution in [2.24, 2.45) is 5.84 Å². The molecule has 0 amide bonds. The van der Waals surface area contributed by atoms with Crippen molar-refractivity contribution in [1.29, 1.82) is 0 Å². The van der Waals surface area contributed by atoms with E-state index in [2.05, 4.69) is 10.1 Å². The van der Waals surface area contributed by atoms with Crippen molar-refractivity contribution in [2.75, 3.05) is 5.43 Å². The number of nitrogen functional groups attached to an aromatic ring is 1. The normalized spacial score (nSPS) is 12.2. The van der Waals surface area contributed by atoms with Crippen LogP contribution in [0.2, 0.25) is 0 Å². The molecule has 4 N–H and O–H groups in total. The maximum Gasteiger partial charge on any atom is 0.294 e. The van der Waals surface area contributed by atoms with Crippen molar-refractivity contribution in [1.82, 2.24) is 4.72 Å². The zero-order valence-corrected chi connectivity index (χ0v) is 12.3. The van der Waals surface area contributed by atoms with Crippen molar-refractivity contribution < 1.29 is 13.3 Å². The molecule has 0 aliphatic heterocycles. The predicted octanol–water partition coefficient (Wildman–Crippen LogP) is 1.35. The number of nitrogens with one attached hydrogen (secondary N) is 2. The summed E-state index contributed by atoms with van der Waals surface area (Å²) in [6, 6.07) is 3.49. The molecule has 0 unspecified atom stereocenters. The molecule has 0 bridgehead atoms. The third-order valence-corrected chi connectivity index (χ3v) is 4.62. The third-order valence-electron chi connectivity index (χ3n) is 2.93. The Kier molecular flexibility index (Phi) is 4.69. The van der Waals surface area contributed by atoms with E-state index >= 15 is 0 Å². The van der Waals surface area contributed by atoms with Crippen molar-refractivity contribution in [3.05, 3.63) is 28.3 Å². The molecule has 0 aliphatic rings. The lowest BCUT2D eigenvalue weighted by Gasteiger charge is -2.24. The molecule has 0 saturated carbocycles. The number of sulfonamides is 1. The number of anilines is 1. The van der Waals surface area contributed by atoms with Crippen LogP contribution in [-0.4, -0.2) is 18.9 Å². The van der Waals surface area contributed by atoms with Gasteiger partial charge in [0.05, 0.1) is 9.82 Å². The molecule has 1 rings (SSSR count). The number of nitro benzene ring substituents is 1. The molecular weight excluding hydrogens is 284 g/mol. The molecule has 9 heteroatoms. The van der Waals surface area contributed by atoms with Gasteiger partial charge in [-0.25, -0.2) is 13.1 Å². The van der Waals surface area contributed by atoms with Crippen LogP contribution in [0.1, 0.15) is 27.2 Å². The second kappa shape index (κ2) is 5.73. The average Bonchev–Trinajstić information content (AvgIpc) is 2.36.